The number of benzene rings is 1. The highest BCUT2D eigenvalue weighted by atomic mass is 79.9. The Kier molecular flexibility index (Phi) is 3.47. The van der Waals surface area contributed by atoms with E-state index in [1.54, 1.807) is 42.8 Å². The van der Waals surface area contributed by atoms with E-state index in [2.05, 4.69) is 15.9 Å². The van der Waals surface area contributed by atoms with Crippen LogP contribution in [0.3, 0.4) is 0 Å². The number of carbonyl (C=O) groups is 2. The van der Waals surface area contributed by atoms with Crippen molar-refractivity contribution in [3.05, 3.63) is 50.6 Å². The molecule has 0 aliphatic carbocycles. The highest BCUT2D eigenvalue weighted by molar-refractivity contribution is 9.10. The van der Waals surface area contributed by atoms with E-state index in [-0.39, 0.29) is 12.2 Å². The zero-order chi connectivity index (χ0) is 15.2. The fraction of sp³-hybridized carbons (Fsp3) is 0.200. The Labute approximate surface area is 134 Å². The lowest BCUT2D eigenvalue weighted by Gasteiger charge is -2.20. The van der Waals surface area contributed by atoms with Crippen LogP contribution in [0.15, 0.2) is 40.2 Å². The monoisotopic (exact) mass is 365 g/mol. The Morgan fingerprint density at radius 3 is 2.86 bits per heavy atom. The van der Waals surface area contributed by atoms with Gasteiger partial charge in [0.1, 0.15) is 0 Å². The average molecular weight is 366 g/mol. The molecule has 1 N–H and O–H groups in total. The number of ketones is 1. The number of amides is 1. The van der Waals surface area contributed by atoms with E-state index in [9.17, 15) is 14.7 Å². The van der Waals surface area contributed by atoms with E-state index in [1.165, 1.54) is 16.2 Å². The molecule has 1 aromatic heterocycles. The van der Waals surface area contributed by atoms with Gasteiger partial charge in [-0.2, -0.15) is 0 Å². The Morgan fingerprint density at radius 2 is 2.19 bits per heavy atom. The van der Waals surface area contributed by atoms with Crippen molar-refractivity contribution in [2.24, 2.45) is 0 Å². The van der Waals surface area contributed by atoms with E-state index >= 15 is 0 Å². The summed E-state index contributed by atoms with van der Waals surface area (Å²) >= 11 is 4.64. The zero-order valence-corrected chi connectivity index (χ0v) is 13.6. The average Bonchev–Trinajstić information content (AvgIpc) is 3.04. The van der Waals surface area contributed by atoms with Crippen LogP contribution >= 0.6 is 27.3 Å². The van der Waals surface area contributed by atoms with Crippen molar-refractivity contribution in [2.75, 3.05) is 11.9 Å². The molecule has 2 heterocycles. The fourth-order valence-electron chi connectivity index (χ4n) is 2.56. The van der Waals surface area contributed by atoms with Crippen molar-refractivity contribution in [3.8, 4) is 0 Å². The summed E-state index contributed by atoms with van der Waals surface area (Å²) in [4.78, 5) is 26.6. The van der Waals surface area contributed by atoms with E-state index < -0.39 is 11.5 Å². The van der Waals surface area contributed by atoms with Crippen LogP contribution in [-0.4, -0.2) is 23.8 Å². The van der Waals surface area contributed by atoms with Crippen LogP contribution in [0.25, 0.3) is 0 Å². The molecule has 0 fully saturated rings. The van der Waals surface area contributed by atoms with Crippen molar-refractivity contribution in [1.29, 1.82) is 0 Å². The molecular formula is C15H12BrNO3S. The first-order valence-electron chi connectivity index (χ1n) is 6.31. The molecule has 0 unspecified atom stereocenters. The summed E-state index contributed by atoms with van der Waals surface area (Å²) in [6.45, 7) is 0. The van der Waals surface area contributed by atoms with Crippen LogP contribution in [0.4, 0.5) is 5.69 Å². The minimum absolute atomic E-state index is 0.234. The van der Waals surface area contributed by atoms with Gasteiger partial charge in [0.05, 0.1) is 17.0 Å². The number of fused-ring (bicyclic) bond motifs is 1. The first kappa shape index (κ1) is 14.4. The summed E-state index contributed by atoms with van der Waals surface area (Å²) in [5.41, 5.74) is -0.700. The second-order valence-corrected chi connectivity index (χ2v) is 6.83. The summed E-state index contributed by atoms with van der Waals surface area (Å²) in [6, 6.07) is 8.72. The van der Waals surface area contributed by atoms with Crippen molar-refractivity contribution in [2.45, 2.75) is 12.0 Å². The molecule has 1 aromatic carbocycles. The Bertz CT molecular complexity index is 729. The minimum atomic E-state index is -1.80. The molecule has 0 saturated heterocycles. The molecule has 1 aliphatic rings. The predicted molar refractivity (Wildman–Crippen MR) is 84.7 cm³/mol. The second-order valence-electron chi connectivity index (χ2n) is 4.96. The highest BCUT2D eigenvalue weighted by Gasteiger charge is 2.49. The van der Waals surface area contributed by atoms with Gasteiger partial charge in [0, 0.05) is 17.1 Å². The molecule has 4 nitrogen and oxygen atoms in total. The molecule has 2 aromatic rings. The highest BCUT2D eigenvalue weighted by Crippen LogP contribution is 2.43. The second kappa shape index (κ2) is 5.05. The van der Waals surface area contributed by atoms with Crippen molar-refractivity contribution in [3.63, 3.8) is 0 Å². The van der Waals surface area contributed by atoms with Gasteiger partial charge >= 0.3 is 0 Å². The topological polar surface area (TPSA) is 57.6 Å². The lowest BCUT2D eigenvalue weighted by molar-refractivity contribution is -0.135. The van der Waals surface area contributed by atoms with Crippen LogP contribution in [0.1, 0.15) is 21.7 Å². The number of Topliss-reactive ketones (excluding diaryl/α,β-unsaturated/α-hetero) is 1. The number of halogens is 1. The number of hydrogen-bond donors (Lipinski definition) is 1. The van der Waals surface area contributed by atoms with Crippen molar-refractivity contribution >= 4 is 44.6 Å². The molecule has 1 amide bonds. The van der Waals surface area contributed by atoms with E-state index in [0.717, 1.165) is 4.47 Å². The largest absolute Gasteiger partial charge is 0.375 e. The standard InChI is InChI=1S/C15H12BrNO3S/c1-17-11-5-4-9(16)7-10(11)15(20,14(17)19)8-12(18)13-3-2-6-21-13/h2-7,20H,8H2,1H3/t15-/m0/s1. The number of carbonyl (C=O) groups excluding carboxylic acids is 2. The Balaban J connectivity index is 2.03. The Morgan fingerprint density at radius 1 is 1.43 bits per heavy atom. The molecule has 0 spiro atoms. The molecule has 3 rings (SSSR count). The third kappa shape index (κ3) is 2.23. The van der Waals surface area contributed by atoms with Crippen LogP contribution in [0, 0.1) is 0 Å². The minimum Gasteiger partial charge on any atom is -0.375 e. The summed E-state index contributed by atoms with van der Waals surface area (Å²) in [7, 11) is 1.60. The van der Waals surface area contributed by atoms with Gasteiger partial charge in [-0.1, -0.05) is 22.0 Å². The number of hydrogen-bond acceptors (Lipinski definition) is 4. The first-order chi connectivity index (χ1) is 9.93. The maximum atomic E-state index is 12.4. The van der Waals surface area contributed by atoms with Gasteiger partial charge in [0.2, 0.25) is 0 Å². The van der Waals surface area contributed by atoms with Crippen LogP contribution in [-0.2, 0) is 10.4 Å². The van der Waals surface area contributed by atoms with Crippen LogP contribution in [0.5, 0.6) is 0 Å². The lowest BCUT2D eigenvalue weighted by atomic mass is 9.89. The molecule has 21 heavy (non-hydrogen) atoms. The van der Waals surface area contributed by atoms with Gasteiger partial charge < -0.3 is 10.0 Å². The normalized spacial score (nSPS) is 20.7. The summed E-state index contributed by atoms with van der Waals surface area (Å²) in [5, 5.41) is 12.6. The number of anilines is 1. The van der Waals surface area contributed by atoms with E-state index in [4.69, 9.17) is 0 Å². The number of aliphatic hydroxyl groups is 1. The van der Waals surface area contributed by atoms with Gasteiger partial charge in [-0.15, -0.1) is 11.3 Å². The zero-order valence-electron chi connectivity index (χ0n) is 11.2. The van der Waals surface area contributed by atoms with Gasteiger partial charge in [-0.25, -0.2) is 0 Å². The quantitative estimate of drug-likeness (QED) is 0.850. The third-order valence-corrected chi connectivity index (χ3v) is 5.04. The van der Waals surface area contributed by atoms with E-state index in [1.807, 2.05) is 0 Å². The maximum Gasteiger partial charge on any atom is 0.263 e. The molecule has 0 bridgehead atoms. The van der Waals surface area contributed by atoms with Gasteiger partial charge in [-0.3, -0.25) is 9.59 Å². The van der Waals surface area contributed by atoms with Crippen molar-refractivity contribution < 1.29 is 14.7 Å². The van der Waals surface area contributed by atoms with Crippen LogP contribution < -0.4 is 4.90 Å². The Hall–Kier alpha value is -1.50. The summed E-state index contributed by atoms with van der Waals surface area (Å²) in [5.74, 6) is -0.706. The summed E-state index contributed by atoms with van der Waals surface area (Å²) in [6.07, 6.45) is -0.250. The van der Waals surface area contributed by atoms with Crippen molar-refractivity contribution in [1.82, 2.24) is 0 Å². The van der Waals surface area contributed by atoms with E-state index in [0.29, 0.717) is 16.1 Å². The number of thiophene rings is 1. The SMILES string of the molecule is CN1C(=O)[C@](O)(CC(=O)c2cccs2)c2cc(Br)ccc21. The molecule has 6 heteroatoms. The number of rotatable bonds is 3. The smallest absolute Gasteiger partial charge is 0.263 e. The molecule has 0 radical (unpaired) electrons. The summed E-state index contributed by atoms with van der Waals surface area (Å²) < 4.78 is 0.756. The molecule has 0 saturated carbocycles. The number of nitrogens with zero attached hydrogens (tertiary/aromatic N) is 1. The van der Waals surface area contributed by atoms with Gasteiger partial charge in [-0.05, 0) is 29.6 Å². The fourth-order valence-corrected chi connectivity index (χ4v) is 3.59. The lowest BCUT2D eigenvalue weighted by Crippen LogP contribution is -2.40. The number of likely N-dealkylation sites (N-methyl/N-ethyl adjacent to an activating group) is 1. The molecule has 108 valence electrons. The molecule has 1 aliphatic heterocycles. The maximum absolute atomic E-state index is 12.4. The predicted octanol–water partition coefficient (Wildman–Crippen LogP) is 2.95. The molecule has 1 atom stereocenters. The van der Waals surface area contributed by atoms with Gasteiger partial charge in [0.15, 0.2) is 11.4 Å². The van der Waals surface area contributed by atoms with Gasteiger partial charge in [0.25, 0.3) is 5.91 Å². The third-order valence-electron chi connectivity index (χ3n) is 3.64. The first-order valence-corrected chi connectivity index (χ1v) is 7.98. The molecular weight excluding hydrogens is 354 g/mol. The van der Waals surface area contributed by atoms with Crippen LogP contribution in [0.2, 0.25) is 0 Å².